The second kappa shape index (κ2) is 8.73. The molecule has 0 aliphatic heterocycles. The van der Waals surface area contributed by atoms with Gasteiger partial charge in [0, 0.05) is 13.2 Å². The van der Waals surface area contributed by atoms with Crippen LogP contribution in [0.2, 0.25) is 0 Å². The summed E-state index contributed by atoms with van der Waals surface area (Å²) in [6.07, 6.45) is 0.836. The summed E-state index contributed by atoms with van der Waals surface area (Å²) >= 11 is 0. The lowest BCUT2D eigenvalue weighted by molar-refractivity contribution is -0.120. The number of ether oxygens (including phenoxy) is 1. The van der Waals surface area contributed by atoms with Crippen LogP contribution >= 0.6 is 0 Å². The zero-order valence-electron chi connectivity index (χ0n) is 10.2. The number of carbonyl (C=O) groups is 1. The molecule has 1 aromatic rings. The highest BCUT2D eigenvalue weighted by Crippen LogP contribution is 2.00. The van der Waals surface area contributed by atoms with Crippen LogP contribution in [0.4, 0.5) is 0 Å². The van der Waals surface area contributed by atoms with Crippen LogP contribution in [-0.4, -0.2) is 32.7 Å². The van der Waals surface area contributed by atoms with Crippen LogP contribution in [0, 0.1) is 0 Å². The van der Waals surface area contributed by atoms with E-state index in [1.807, 2.05) is 30.3 Å². The lowest BCUT2D eigenvalue weighted by atomic mass is 10.2. The molecule has 4 heteroatoms. The van der Waals surface area contributed by atoms with Crippen molar-refractivity contribution in [1.29, 1.82) is 0 Å². The first-order chi connectivity index (χ1) is 8.33. The molecule has 0 bridgehead atoms. The van der Waals surface area contributed by atoms with Gasteiger partial charge in [0.2, 0.25) is 5.91 Å². The Balaban J connectivity index is 1.96. The van der Waals surface area contributed by atoms with Gasteiger partial charge in [0.05, 0.1) is 13.2 Å². The second-order valence-electron chi connectivity index (χ2n) is 3.77. The van der Waals surface area contributed by atoms with Crippen LogP contribution in [0.25, 0.3) is 0 Å². The third kappa shape index (κ3) is 6.71. The van der Waals surface area contributed by atoms with E-state index in [1.165, 1.54) is 5.56 Å². The maximum absolute atomic E-state index is 11.1. The van der Waals surface area contributed by atoms with Crippen LogP contribution in [0.3, 0.4) is 0 Å². The van der Waals surface area contributed by atoms with Gasteiger partial charge in [-0.2, -0.15) is 0 Å². The molecule has 4 nitrogen and oxygen atoms in total. The highest BCUT2D eigenvalue weighted by Gasteiger charge is 1.97. The molecule has 0 atom stereocenters. The Hall–Kier alpha value is -1.39. The number of benzene rings is 1. The lowest BCUT2D eigenvalue weighted by Crippen LogP contribution is -2.33. The van der Waals surface area contributed by atoms with Crippen molar-refractivity contribution in [2.45, 2.75) is 13.0 Å². The van der Waals surface area contributed by atoms with Gasteiger partial charge in [-0.15, -0.1) is 0 Å². The van der Waals surface area contributed by atoms with Gasteiger partial charge >= 0.3 is 0 Å². The van der Waals surface area contributed by atoms with Crippen molar-refractivity contribution >= 4 is 5.91 Å². The van der Waals surface area contributed by atoms with E-state index in [1.54, 1.807) is 7.05 Å². The van der Waals surface area contributed by atoms with Gasteiger partial charge in [-0.25, -0.2) is 0 Å². The average molecular weight is 236 g/mol. The Labute approximate surface area is 102 Å². The monoisotopic (exact) mass is 236 g/mol. The molecule has 0 radical (unpaired) electrons. The largest absolute Gasteiger partial charge is 0.377 e. The third-order valence-corrected chi connectivity index (χ3v) is 2.24. The minimum atomic E-state index is 0.0237. The van der Waals surface area contributed by atoms with Crippen LogP contribution < -0.4 is 10.6 Å². The Bertz CT molecular complexity index is 314. The third-order valence-electron chi connectivity index (χ3n) is 2.24. The standard InChI is InChI=1S/C13H20N2O2/c1-14-10-13(16)15-8-5-9-17-11-12-6-3-2-4-7-12/h2-4,6-7,14H,5,8-11H2,1H3,(H,15,16). The van der Waals surface area contributed by atoms with Crippen molar-refractivity contribution < 1.29 is 9.53 Å². The fourth-order valence-corrected chi connectivity index (χ4v) is 1.39. The molecule has 0 aromatic heterocycles. The van der Waals surface area contributed by atoms with Crippen LogP contribution in [0.1, 0.15) is 12.0 Å². The molecule has 2 N–H and O–H groups in total. The fourth-order valence-electron chi connectivity index (χ4n) is 1.39. The van der Waals surface area contributed by atoms with E-state index in [9.17, 15) is 4.79 Å². The summed E-state index contributed by atoms with van der Waals surface area (Å²) < 4.78 is 5.49. The number of hydrogen-bond donors (Lipinski definition) is 2. The second-order valence-corrected chi connectivity index (χ2v) is 3.77. The van der Waals surface area contributed by atoms with E-state index in [4.69, 9.17) is 4.74 Å². The van der Waals surface area contributed by atoms with Gasteiger partial charge in [-0.1, -0.05) is 30.3 Å². The maximum Gasteiger partial charge on any atom is 0.233 e. The first kappa shape index (κ1) is 13.7. The van der Waals surface area contributed by atoms with Gasteiger partial charge in [0.15, 0.2) is 0 Å². The summed E-state index contributed by atoms with van der Waals surface area (Å²) in [5.74, 6) is 0.0237. The first-order valence-electron chi connectivity index (χ1n) is 5.86. The molecular formula is C13H20N2O2. The normalized spacial score (nSPS) is 10.2. The van der Waals surface area contributed by atoms with Crippen molar-refractivity contribution in [2.75, 3.05) is 26.7 Å². The van der Waals surface area contributed by atoms with Crippen LogP contribution in [0.15, 0.2) is 30.3 Å². The molecule has 1 rings (SSSR count). The van der Waals surface area contributed by atoms with Gasteiger partial charge < -0.3 is 15.4 Å². The SMILES string of the molecule is CNCC(=O)NCCCOCc1ccccc1. The van der Waals surface area contributed by atoms with E-state index in [-0.39, 0.29) is 5.91 Å². The quantitative estimate of drug-likeness (QED) is 0.660. The molecule has 0 heterocycles. The number of amides is 1. The Morgan fingerprint density at radius 2 is 2.06 bits per heavy atom. The van der Waals surface area contributed by atoms with Crippen molar-refractivity contribution in [3.8, 4) is 0 Å². The highest BCUT2D eigenvalue weighted by molar-refractivity contribution is 5.77. The molecule has 17 heavy (non-hydrogen) atoms. The average Bonchev–Trinajstić information content (AvgIpc) is 2.35. The number of likely N-dealkylation sites (N-methyl/N-ethyl adjacent to an activating group) is 1. The molecule has 0 fully saturated rings. The van der Waals surface area contributed by atoms with E-state index in [0.29, 0.717) is 26.3 Å². The van der Waals surface area contributed by atoms with E-state index >= 15 is 0 Å². The van der Waals surface area contributed by atoms with Gasteiger partial charge in [0.25, 0.3) is 0 Å². The lowest BCUT2D eigenvalue weighted by Gasteiger charge is -2.06. The molecule has 0 saturated carbocycles. The smallest absolute Gasteiger partial charge is 0.233 e. The summed E-state index contributed by atoms with van der Waals surface area (Å²) in [4.78, 5) is 11.1. The zero-order valence-corrected chi connectivity index (χ0v) is 10.2. The van der Waals surface area contributed by atoms with Crippen molar-refractivity contribution in [3.05, 3.63) is 35.9 Å². The van der Waals surface area contributed by atoms with E-state index < -0.39 is 0 Å². The van der Waals surface area contributed by atoms with Gasteiger partial charge in [-0.3, -0.25) is 4.79 Å². The number of hydrogen-bond acceptors (Lipinski definition) is 3. The van der Waals surface area contributed by atoms with E-state index in [0.717, 1.165) is 6.42 Å². The molecule has 94 valence electrons. The van der Waals surface area contributed by atoms with Crippen molar-refractivity contribution in [2.24, 2.45) is 0 Å². The Morgan fingerprint density at radius 3 is 2.76 bits per heavy atom. The molecule has 1 aromatic carbocycles. The zero-order chi connectivity index (χ0) is 12.3. The van der Waals surface area contributed by atoms with E-state index in [2.05, 4.69) is 10.6 Å². The number of rotatable bonds is 8. The van der Waals surface area contributed by atoms with Crippen LogP contribution in [-0.2, 0) is 16.1 Å². The topological polar surface area (TPSA) is 50.4 Å². The van der Waals surface area contributed by atoms with Crippen molar-refractivity contribution in [3.63, 3.8) is 0 Å². The molecule has 0 saturated heterocycles. The first-order valence-corrected chi connectivity index (χ1v) is 5.86. The molecule has 0 aliphatic rings. The summed E-state index contributed by atoms with van der Waals surface area (Å²) in [6.45, 7) is 2.32. The van der Waals surface area contributed by atoms with Crippen LogP contribution in [0.5, 0.6) is 0 Å². The molecule has 1 amide bonds. The van der Waals surface area contributed by atoms with Gasteiger partial charge in [0.1, 0.15) is 0 Å². The number of carbonyl (C=O) groups excluding carboxylic acids is 1. The summed E-state index contributed by atoms with van der Waals surface area (Å²) in [5, 5.41) is 5.60. The minimum Gasteiger partial charge on any atom is -0.377 e. The minimum absolute atomic E-state index is 0.0237. The number of nitrogens with one attached hydrogen (secondary N) is 2. The Morgan fingerprint density at radius 1 is 1.29 bits per heavy atom. The fraction of sp³-hybridized carbons (Fsp3) is 0.462. The highest BCUT2D eigenvalue weighted by atomic mass is 16.5. The molecule has 0 spiro atoms. The summed E-state index contributed by atoms with van der Waals surface area (Å²) in [5.41, 5.74) is 1.17. The Kier molecular flexibility index (Phi) is 7.02. The summed E-state index contributed by atoms with van der Waals surface area (Å²) in [7, 11) is 1.75. The summed E-state index contributed by atoms with van der Waals surface area (Å²) in [6, 6.07) is 10.1. The maximum atomic E-state index is 11.1. The van der Waals surface area contributed by atoms with Gasteiger partial charge in [-0.05, 0) is 19.0 Å². The molecule has 0 unspecified atom stereocenters. The molecule has 0 aliphatic carbocycles. The predicted molar refractivity (Wildman–Crippen MR) is 67.7 cm³/mol. The predicted octanol–water partition coefficient (Wildman–Crippen LogP) is 0.929. The van der Waals surface area contributed by atoms with Crippen molar-refractivity contribution in [1.82, 2.24) is 10.6 Å². The molecular weight excluding hydrogens is 216 g/mol.